The van der Waals surface area contributed by atoms with Crippen molar-refractivity contribution in [1.82, 2.24) is 4.98 Å². The molecule has 0 saturated carbocycles. The van der Waals surface area contributed by atoms with Gasteiger partial charge in [0.2, 0.25) is 0 Å². The van der Waals surface area contributed by atoms with Crippen molar-refractivity contribution in [2.45, 2.75) is 13.8 Å². The van der Waals surface area contributed by atoms with Crippen molar-refractivity contribution < 1.29 is 4.79 Å². The Bertz CT molecular complexity index is 905. The number of rotatable bonds is 7. The smallest absolute Gasteiger partial charge is 0.255 e. The van der Waals surface area contributed by atoms with E-state index in [-0.39, 0.29) is 5.91 Å². The lowest BCUT2D eigenvalue weighted by molar-refractivity contribution is 0.102. The molecule has 0 unspecified atom stereocenters. The molecule has 2 N–H and O–H groups in total. The van der Waals surface area contributed by atoms with Gasteiger partial charge >= 0.3 is 0 Å². The van der Waals surface area contributed by atoms with Gasteiger partial charge in [-0.1, -0.05) is 11.6 Å². The average Bonchev–Trinajstić information content (AvgIpc) is 2.72. The van der Waals surface area contributed by atoms with Crippen LogP contribution in [0.15, 0.2) is 66.9 Å². The van der Waals surface area contributed by atoms with Crippen LogP contribution < -0.4 is 15.5 Å². The van der Waals surface area contributed by atoms with Gasteiger partial charge in [-0.3, -0.25) is 4.79 Å². The summed E-state index contributed by atoms with van der Waals surface area (Å²) in [6.07, 6.45) is 1.63. The number of hydrogen-bond acceptors (Lipinski definition) is 4. The summed E-state index contributed by atoms with van der Waals surface area (Å²) in [5.74, 6) is 0.506. The predicted octanol–water partition coefficient (Wildman–Crippen LogP) is 5.58. The highest BCUT2D eigenvalue weighted by atomic mass is 35.5. The normalized spacial score (nSPS) is 10.4. The number of anilines is 4. The molecule has 28 heavy (non-hydrogen) atoms. The van der Waals surface area contributed by atoms with Crippen LogP contribution in [0.3, 0.4) is 0 Å². The highest BCUT2D eigenvalue weighted by Gasteiger charge is 2.07. The zero-order valence-corrected chi connectivity index (χ0v) is 16.7. The topological polar surface area (TPSA) is 57.3 Å². The minimum Gasteiger partial charge on any atom is -0.372 e. The van der Waals surface area contributed by atoms with Gasteiger partial charge in [-0.2, -0.15) is 0 Å². The fourth-order valence-electron chi connectivity index (χ4n) is 2.84. The average molecular weight is 395 g/mol. The lowest BCUT2D eigenvalue weighted by Crippen LogP contribution is -2.21. The summed E-state index contributed by atoms with van der Waals surface area (Å²) in [5, 5.41) is 6.69. The Morgan fingerprint density at radius 3 is 2.14 bits per heavy atom. The lowest BCUT2D eigenvalue weighted by Gasteiger charge is -2.21. The van der Waals surface area contributed by atoms with Crippen LogP contribution in [0, 0.1) is 0 Å². The highest BCUT2D eigenvalue weighted by molar-refractivity contribution is 6.30. The number of carbonyl (C=O) groups excluding carboxylic acids is 1. The third kappa shape index (κ3) is 5.02. The van der Waals surface area contributed by atoms with E-state index in [0.717, 1.165) is 18.8 Å². The van der Waals surface area contributed by atoms with E-state index < -0.39 is 0 Å². The zero-order valence-electron chi connectivity index (χ0n) is 15.9. The summed E-state index contributed by atoms with van der Waals surface area (Å²) in [5.41, 5.74) is 3.33. The largest absolute Gasteiger partial charge is 0.372 e. The second-order valence-electron chi connectivity index (χ2n) is 6.24. The summed E-state index contributed by atoms with van der Waals surface area (Å²) in [7, 11) is 0. The van der Waals surface area contributed by atoms with Gasteiger partial charge in [0.05, 0.1) is 11.9 Å². The molecule has 0 fully saturated rings. The molecule has 0 atom stereocenters. The van der Waals surface area contributed by atoms with Crippen LogP contribution in [0.1, 0.15) is 24.2 Å². The SMILES string of the molecule is CCN(CC)c1ccc(Nc2ccc(NC(=O)c3ccc(Cl)cc3)cn2)cc1. The third-order valence-corrected chi connectivity index (χ3v) is 4.65. The Balaban J connectivity index is 1.61. The second kappa shape index (κ2) is 9.24. The highest BCUT2D eigenvalue weighted by Crippen LogP contribution is 2.21. The van der Waals surface area contributed by atoms with Gasteiger partial charge in [-0.05, 0) is 74.5 Å². The third-order valence-electron chi connectivity index (χ3n) is 4.40. The van der Waals surface area contributed by atoms with E-state index in [0.29, 0.717) is 22.1 Å². The maximum absolute atomic E-state index is 12.2. The molecule has 0 radical (unpaired) electrons. The number of amides is 1. The van der Waals surface area contributed by atoms with E-state index in [1.807, 2.05) is 24.3 Å². The quantitative estimate of drug-likeness (QED) is 0.549. The van der Waals surface area contributed by atoms with E-state index in [1.165, 1.54) is 5.69 Å². The van der Waals surface area contributed by atoms with Gasteiger partial charge in [-0.15, -0.1) is 0 Å². The van der Waals surface area contributed by atoms with E-state index in [4.69, 9.17) is 11.6 Å². The summed E-state index contributed by atoms with van der Waals surface area (Å²) < 4.78 is 0. The van der Waals surface area contributed by atoms with Crippen molar-refractivity contribution in [3.63, 3.8) is 0 Å². The molecule has 6 heteroatoms. The van der Waals surface area contributed by atoms with Crippen molar-refractivity contribution in [2.24, 2.45) is 0 Å². The molecule has 1 aromatic heterocycles. The van der Waals surface area contributed by atoms with E-state index in [1.54, 1.807) is 30.5 Å². The van der Waals surface area contributed by atoms with E-state index in [9.17, 15) is 4.79 Å². The molecule has 0 spiro atoms. The molecule has 0 aliphatic heterocycles. The fourth-order valence-corrected chi connectivity index (χ4v) is 2.96. The first kappa shape index (κ1) is 19.7. The fraction of sp³-hybridized carbons (Fsp3) is 0.182. The second-order valence-corrected chi connectivity index (χ2v) is 6.67. The maximum Gasteiger partial charge on any atom is 0.255 e. The molecule has 1 amide bonds. The molecule has 0 saturated heterocycles. The van der Waals surface area contributed by atoms with Crippen LogP contribution in [-0.4, -0.2) is 24.0 Å². The van der Waals surface area contributed by atoms with Gasteiger partial charge in [0.15, 0.2) is 0 Å². The number of nitrogens with one attached hydrogen (secondary N) is 2. The van der Waals surface area contributed by atoms with Gasteiger partial charge in [0, 0.05) is 35.1 Å². The van der Waals surface area contributed by atoms with Gasteiger partial charge in [0.1, 0.15) is 5.82 Å². The molecule has 0 bridgehead atoms. The van der Waals surface area contributed by atoms with Gasteiger partial charge < -0.3 is 15.5 Å². The number of halogens is 1. The number of pyridine rings is 1. The van der Waals surface area contributed by atoms with Crippen molar-refractivity contribution in [3.8, 4) is 0 Å². The Morgan fingerprint density at radius 1 is 0.929 bits per heavy atom. The van der Waals surface area contributed by atoms with Crippen molar-refractivity contribution in [1.29, 1.82) is 0 Å². The van der Waals surface area contributed by atoms with Gasteiger partial charge in [-0.25, -0.2) is 4.98 Å². The lowest BCUT2D eigenvalue weighted by atomic mass is 10.2. The zero-order chi connectivity index (χ0) is 19.9. The van der Waals surface area contributed by atoms with Gasteiger partial charge in [0.25, 0.3) is 5.91 Å². The summed E-state index contributed by atoms with van der Waals surface area (Å²) in [6, 6.07) is 18.6. The number of carbonyl (C=O) groups is 1. The van der Waals surface area contributed by atoms with E-state index >= 15 is 0 Å². The first-order chi connectivity index (χ1) is 13.6. The van der Waals surface area contributed by atoms with Crippen LogP contribution in [0.2, 0.25) is 5.02 Å². The molecule has 0 aliphatic carbocycles. The molecular formula is C22H23ClN4O. The van der Waals surface area contributed by atoms with E-state index in [2.05, 4.69) is 46.5 Å². The molecule has 2 aromatic carbocycles. The summed E-state index contributed by atoms with van der Waals surface area (Å²) in [4.78, 5) is 18.9. The summed E-state index contributed by atoms with van der Waals surface area (Å²) >= 11 is 5.85. The molecule has 1 heterocycles. The Hall–Kier alpha value is -3.05. The number of nitrogens with zero attached hydrogens (tertiary/aromatic N) is 2. The number of hydrogen-bond donors (Lipinski definition) is 2. The van der Waals surface area contributed by atoms with Crippen molar-refractivity contribution in [3.05, 3.63) is 77.4 Å². The molecular weight excluding hydrogens is 372 g/mol. The van der Waals surface area contributed by atoms with Crippen LogP contribution in [0.5, 0.6) is 0 Å². The standard InChI is InChI=1S/C22H23ClN4O/c1-3-27(4-2)20-12-9-18(10-13-20)25-21-14-11-19(15-24-21)26-22(28)16-5-7-17(23)8-6-16/h5-15H,3-4H2,1-2H3,(H,24,25)(H,26,28). The summed E-state index contributed by atoms with van der Waals surface area (Å²) in [6.45, 7) is 6.25. The van der Waals surface area contributed by atoms with Crippen LogP contribution >= 0.6 is 11.6 Å². The molecule has 5 nitrogen and oxygen atoms in total. The van der Waals surface area contributed by atoms with Crippen LogP contribution in [-0.2, 0) is 0 Å². The maximum atomic E-state index is 12.2. The first-order valence-electron chi connectivity index (χ1n) is 9.24. The van der Waals surface area contributed by atoms with Crippen molar-refractivity contribution >= 4 is 40.4 Å². The minimum atomic E-state index is -0.203. The molecule has 144 valence electrons. The monoisotopic (exact) mass is 394 g/mol. The van der Waals surface area contributed by atoms with Crippen LogP contribution in [0.4, 0.5) is 22.9 Å². The Kier molecular flexibility index (Phi) is 6.50. The Labute approximate surface area is 170 Å². The minimum absolute atomic E-state index is 0.203. The van der Waals surface area contributed by atoms with Crippen LogP contribution in [0.25, 0.3) is 0 Å². The Morgan fingerprint density at radius 2 is 1.57 bits per heavy atom. The molecule has 3 rings (SSSR count). The predicted molar refractivity (Wildman–Crippen MR) is 117 cm³/mol. The number of benzene rings is 2. The molecule has 0 aliphatic rings. The molecule has 3 aromatic rings. The number of aromatic nitrogens is 1. The first-order valence-corrected chi connectivity index (χ1v) is 9.62. The van der Waals surface area contributed by atoms with Crippen molar-refractivity contribution in [2.75, 3.05) is 28.6 Å².